The van der Waals surface area contributed by atoms with E-state index in [0.29, 0.717) is 0 Å². The first-order valence-electron chi connectivity index (χ1n) is 2.54. The van der Waals surface area contributed by atoms with Crippen molar-refractivity contribution in [1.82, 2.24) is 0 Å². The molecule has 1 N–H and O–H groups in total. The predicted molar refractivity (Wildman–Crippen MR) is 34.0 cm³/mol. The van der Waals surface area contributed by atoms with Crippen molar-refractivity contribution in [3.8, 4) is 0 Å². The monoisotopic (exact) mass is 148 g/mol. The van der Waals surface area contributed by atoms with Gasteiger partial charge in [0.15, 0.2) is 11.2 Å². The largest absolute Gasteiger partial charge is 0.369 e. The lowest BCUT2D eigenvalue weighted by atomic mass is 10.1. The standard InChI is InChI=1S/C6H6ClFO/c7-6(9)4-2-1-3-5(6)8/h1-5,9H/t5-,6-/m0/s1. The van der Waals surface area contributed by atoms with E-state index < -0.39 is 11.2 Å². The second-order valence-corrected chi connectivity index (χ2v) is 2.48. The van der Waals surface area contributed by atoms with E-state index >= 15 is 0 Å². The van der Waals surface area contributed by atoms with Crippen molar-refractivity contribution in [3.63, 3.8) is 0 Å². The zero-order valence-corrected chi connectivity index (χ0v) is 5.35. The van der Waals surface area contributed by atoms with Crippen LogP contribution in [0.2, 0.25) is 0 Å². The predicted octanol–water partition coefficient (Wildman–Crippen LogP) is 1.38. The molecule has 9 heavy (non-hydrogen) atoms. The molecular formula is C6H6ClFO. The minimum absolute atomic E-state index is 1.20. The molecule has 50 valence electrons. The molecule has 1 rings (SSSR count). The number of hydrogen-bond donors (Lipinski definition) is 1. The number of rotatable bonds is 0. The fourth-order valence-electron chi connectivity index (χ4n) is 0.579. The molecule has 0 aromatic rings. The van der Waals surface area contributed by atoms with Crippen LogP contribution >= 0.6 is 11.6 Å². The van der Waals surface area contributed by atoms with Crippen molar-refractivity contribution in [3.05, 3.63) is 24.3 Å². The van der Waals surface area contributed by atoms with Crippen molar-refractivity contribution >= 4 is 11.6 Å². The number of alkyl halides is 2. The minimum Gasteiger partial charge on any atom is -0.369 e. The maximum atomic E-state index is 12.4. The van der Waals surface area contributed by atoms with E-state index in [-0.39, 0.29) is 0 Å². The molecule has 0 amide bonds. The van der Waals surface area contributed by atoms with E-state index in [4.69, 9.17) is 16.7 Å². The van der Waals surface area contributed by atoms with Crippen LogP contribution in [0.25, 0.3) is 0 Å². The molecule has 1 aliphatic carbocycles. The lowest BCUT2D eigenvalue weighted by molar-refractivity contribution is 0.103. The Morgan fingerprint density at radius 3 is 2.56 bits per heavy atom. The summed E-state index contributed by atoms with van der Waals surface area (Å²) in [6, 6.07) is 0. The summed E-state index contributed by atoms with van der Waals surface area (Å²) in [5, 5.41) is 7.07. The van der Waals surface area contributed by atoms with Crippen LogP contribution in [0.5, 0.6) is 0 Å². The Kier molecular flexibility index (Phi) is 1.60. The van der Waals surface area contributed by atoms with Gasteiger partial charge in [-0.05, 0) is 12.2 Å². The molecule has 0 fully saturated rings. The first-order valence-corrected chi connectivity index (χ1v) is 2.92. The zero-order valence-electron chi connectivity index (χ0n) is 4.59. The minimum atomic E-state index is -1.82. The van der Waals surface area contributed by atoms with Crippen LogP contribution in [0.3, 0.4) is 0 Å². The summed E-state index contributed by atoms with van der Waals surface area (Å²) in [6.45, 7) is 0. The van der Waals surface area contributed by atoms with Gasteiger partial charge >= 0.3 is 0 Å². The third-order valence-corrected chi connectivity index (χ3v) is 1.44. The van der Waals surface area contributed by atoms with Gasteiger partial charge in [-0.25, -0.2) is 4.39 Å². The molecule has 0 saturated carbocycles. The average molecular weight is 149 g/mol. The SMILES string of the molecule is O[C@@]1(Cl)C=CC=C[C@@H]1F. The van der Waals surface area contributed by atoms with Gasteiger partial charge in [-0.1, -0.05) is 23.8 Å². The summed E-state index contributed by atoms with van der Waals surface area (Å²) in [5.74, 6) is 0. The molecule has 0 aromatic heterocycles. The van der Waals surface area contributed by atoms with Gasteiger partial charge in [-0.3, -0.25) is 0 Å². The molecular weight excluding hydrogens is 143 g/mol. The molecule has 0 saturated heterocycles. The van der Waals surface area contributed by atoms with Gasteiger partial charge in [0.05, 0.1) is 0 Å². The van der Waals surface area contributed by atoms with Gasteiger partial charge in [-0.15, -0.1) is 0 Å². The number of hydrogen-bond acceptors (Lipinski definition) is 1. The Labute approximate surface area is 57.4 Å². The Hall–Kier alpha value is -0.340. The van der Waals surface area contributed by atoms with E-state index in [1.165, 1.54) is 24.3 Å². The first-order chi connectivity index (χ1) is 4.13. The fourth-order valence-corrected chi connectivity index (χ4v) is 0.725. The Morgan fingerprint density at radius 1 is 1.56 bits per heavy atom. The summed E-state index contributed by atoms with van der Waals surface area (Å²) >= 11 is 5.26. The highest BCUT2D eigenvalue weighted by Gasteiger charge is 2.31. The molecule has 0 radical (unpaired) electrons. The molecule has 0 heterocycles. The van der Waals surface area contributed by atoms with Gasteiger partial charge in [-0.2, -0.15) is 0 Å². The van der Waals surface area contributed by atoms with Crippen LogP contribution in [0, 0.1) is 0 Å². The molecule has 0 aliphatic heterocycles. The average Bonchev–Trinajstić information content (AvgIpc) is 1.77. The highest BCUT2D eigenvalue weighted by molar-refractivity contribution is 6.24. The number of allylic oxidation sites excluding steroid dienone is 2. The van der Waals surface area contributed by atoms with E-state index in [2.05, 4.69) is 0 Å². The fraction of sp³-hybridized carbons (Fsp3) is 0.333. The number of aliphatic hydroxyl groups is 1. The van der Waals surface area contributed by atoms with Gasteiger partial charge in [0.25, 0.3) is 0 Å². The van der Waals surface area contributed by atoms with E-state index in [1.807, 2.05) is 0 Å². The normalized spacial score (nSPS) is 41.4. The quantitative estimate of drug-likeness (QED) is 0.515. The lowest BCUT2D eigenvalue weighted by Crippen LogP contribution is -2.30. The summed E-state index contributed by atoms with van der Waals surface area (Å²) in [7, 11) is 0. The topological polar surface area (TPSA) is 20.2 Å². The second-order valence-electron chi connectivity index (χ2n) is 1.87. The maximum Gasteiger partial charge on any atom is 0.192 e. The van der Waals surface area contributed by atoms with E-state index in [0.717, 1.165) is 0 Å². The van der Waals surface area contributed by atoms with Gasteiger partial charge in [0.2, 0.25) is 0 Å². The third-order valence-electron chi connectivity index (χ3n) is 1.11. The van der Waals surface area contributed by atoms with Crippen LogP contribution in [0.15, 0.2) is 24.3 Å². The molecule has 1 nitrogen and oxygen atoms in total. The van der Waals surface area contributed by atoms with Crippen LogP contribution in [0.4, 0.5) is 4.39 Å². The zero-order chi connectivity index (χ0) is 6.91. The smallest absolute Gasteiger partial charge is 0.192 e. The molecule has 3 heteroatoms. The van der Waals surface area contributed by atoms with Crippen LogP contribution in [0.1, 0.15) is 0 Å². The molecule has 0 spiro atoms. The van der Waals surface area contributed by atoms with Crippen molar-refractivity contribution in [2.24, 2.45) is 0 Å². The highest BCUT2D eigenvalue weighted by atomic mass is 35.5. The van der Waals surface area contributed by atoms with Crippen molar-refractivity contribution in [2.75, 3.05) is 0 Å². The molecule has 2 atom stereocenters. The third kappa shape index (κ3) is 1.32. The van der Waals surface area contributed by atoms with Crippen LogP contribution in [-0.4, -0.2) is 16.3 Å². The summed E-state index contributed by atoms with van der Waals surface area (Å²) in [5.41, 5.74) is 0. The Morgan fingerprint density at radius 2 is 2.22 bits per heavy atom. The van der Waals surface area contributed by atoms with Gasteiger partial charge in [0, 0.05) is 0 Å². The number of halogens is 2. The van der Waals surface area contributed by atoms with E-state index in [9.17, 15) is 4.39 Å². The molecule has 0 bridgehead atoms. The molecule has 1 aliphatic rings. The summed E-state index contributed by atoms with van der Waals surface area (Å²) < 4.78 is 12.4. The first kappa shape index (κ1) is 6.78. The van der Waals surface area contributed by atoms with Gasteiger partial charge in [0.1, 0.15) is 0 Å². The lowest BCUT2D eigenvalue weighted by Gasteiger charge is -2.20. The Bertz CT molecular complexity index is 162. The Balaban J connectivity index is 2.78. The highest BCUT2D eigenvalue weighted by Crippen LogP contribution is 2.24. The summed E-state index contributed by atoms with van der Waals surface area (Å²) in [6.07, 6.45) is 3.92. The van der Waals surface area contributed by atoms with Crippen molar-refractivity contribution in [2.45, 2.75) is 11.2 Å². The van der Waals surface area contributed by atoms with Crippen LogP contribution < -0.4 is 0 Å². The maximum absolute atomic E-state index is 12.4. The van der Waals surface area contributed by atoms with E-state index in [1.54, 1.807) is 0 Å². The van der Waals surface area contributed by atoms with Crippen molar-refractivity contribution in [1.29, 1.82) is 0 Å². The van der Waals surface area contributed by atoms with Crippen LogP contribution in [-0.2, 0) is 0 Å². The molecule has 0 unspecified atom stereocenters. The second kappa shape index (κ2) is 2.12. The van der Waals surface area contributed by atoms with Crippen molar-refractivity contribution < 1.29 is 9.50 Å². The molecule has 0 aromatic carbocycles. The summed E-state index contributed by atoms with van der Waals surface area (Å²) in [4.78, 5) is 0. The van der Waals surface area contributed by atoms with Gasteiger partial charge < -0.3 is 5.11 Å².